The standard InChI is InChI=1S/C17H24N2O3/c1-17(2,3)22-16(20)19-9-13(14(18)10-19)11-4-5-15-12(8-11)6-7-21-15/h4-5,8,13-14H,6-7,9-10,18H2,1-3H3. The molecule has 0 radical (unpaired) electrons. The van der Waals surface area contributed by atoms with Crippen LogP contribution in [0.15, 0.2) is 18.2 Å². The summed E-state index contributed by atoms with van der Waals surface area (Å²) >= 11 is 0. The Morgan fingerprint density at radius 3 is 2.86 bits per heavy atom. The molecule has 0 bridgehead atoms. The van der Waals surface area contributed by atoms with Crippen LogP contribution in [0.5, 0.6) is 5.75 Å². The Labute approximate surface area is 131 Å². The van der Waals surface area contributed by atoms with E-state index in [-0.39, 0.29) is 18.1 Å². The van der Waals surface area contributed by atoms with Gasteiger partial charge in [-0.25, -0.2) is 4.79 Å². The number of nitrogens with two attached hydrogens (primary N) is 1. The Hall–Kier alpha value is -1.75. The molecule has 0 saturated carbocycles. The fourth-order valence-corrected chi connectivity index (χ4v) is 3.09. The summed E-state index contributed by atoms with van der Waals surface area (Å²) in [6.07, 6.45) is 0.663. The van der Waals surface area contributed by atoms with E-state index in [0.717, 1.165) is 18.8 Å². The number of fused-ring (bicyclic) bond motifs is 1. The van der Waals surface area contributed by atoms with E-state index in [1.165, 1.54) is 11.1 Å². The van der Waals surface area contributed by atoms with Crippen LogP contribution in [0.4, 0.5) is 4.79 Å². The van der Waals surface area contributed by atoms with E-state index >= 15 is 0 Å². The molecule has 1 saturated heterocycles. The zero-order valence-electron chi connectivity index (χ0n) is 13.5. The van der Waals surface area contributed by atoms with Gasteiger partial charge in [0.25, 0.3) is 0 Å². The molecule has 3 rings (SSSR count). The number of hydrogen-bond acceptors (Lipinski definition) is 4. The van der Waals surface area contributed by atoms with Crippen LogP contribution in [0.1, 0.15) is 37.8 Å². The first-order chi connectivity index (χ1) is 10.3. The van der Waals surface area contributed by atoms with Crippen molar-refractivity contribution in [3.63, 3.8) is 0 Å². The number of ether oxygens (including phenoxy) is 2. The van der Waals surface area contributed by atoms with Gasteiger partial charge in [0, 0.05) is 31.5 Å². The molecule has 2 aliphatic rings. The number of nitrogens with zero attached hydrogens (tertiary/aromatic N) is 1. The van der Waals surface area contributed by atoms with Crippen molar-refractivity contribution in [3.05, 3.63) is 29.3 Å². The summed E-state index contributed by atoms with van der Waals surface area (Å²) in [5, 5.41) is 0. The van der Waals surface area contributed by atoms with Gasteiger partial charge in [-0.2, -0.15) is 0 Å². The molecule has 120 valence electrons. The zero-order chi connectivity index (χ0) is 15.9. The monoisotopic (exact) mass is 304 g/mol. The number of likely N-dealkylation sites (tertiary alicyclic amines) is 1. The molecule has 5 heteroatoms. The molecule has 2 unspecified atom stereocenters. The molecule has 1 amide bonds. The summed E-state index contributed by atoms with van der Waals surface area (Å²) in [6.45, 7) is 7.51. The first kappa shape index (κ1) is 15.2. The molecular weight excluding hydrogens is 280 g/mol. The van der Waals surface area contributed by atoms with Crippen LogP contribution in [-0.4, -0.2) is 42.3 Å². The summed E-state index contributed by atoms with van der Waals surface area (Å²) in [7, 11) is 0. The van der Waals surface area contributed by atoms with Crippen LogP contribution < -0.4 is 10.5 Å². The van der Waals surface area contributed by atoms with Gasteiger partial charge in [-0.3, -0.25) is 0 Å². The maximum Gasteiger partial charge on any atom is 0.410 e. The Kier molecular flexibility index (Phi) is 3.77. The molecule has 2 aliphatic heterocycles. The highest BCUT2D eigenvalue weighted by Gasteiger charge is 2.36. The van der Waals surface area contributed by atoms with Gasteiger partial charge in [-0.05, 0) is 38.0 Å². The summed E-state index contributed by atoms with van der Waals surface area (Å²) in [6, 6.07) is 6.19. The van der Waals surface area contributed by atoms with E-state index < -0.39 is 5.60 Å². The quantitative estimate of drug-likeness (QED) is 0.864. The Balaban J connectivity index is 1.72. The number of carbonyl (C=O) groups is 1. The van der Waals surface area contributed by atoms with Crippen molar-refractivity contribution in [1.82, 2.24) is 4.90 Å². The smallest absolute Gasteiger partial charge is 0.410 e. The van der Waals surface area contributed by atoms with Gasteiger partial charge in [0.2, 0.25) is 0 Å². The van der Waals surface area contributed by atoms with Crippen molar-refractivity contribution in [2.24, 2.45) is 5.73 Å². The SMILES string of the molecule is CC(C)(C)OC(=O)N1CC(N)C(c2ccc3c(c2)CCO3)C1. The average molecular weight is 304 g/mol. The number of amides is 1. The third-order valence-electron chi connectivity index (χ3n) is 4.16. The summed E-state index contributed by atoms with van der Waals surface area (Å²) in [5.41, 5.74) is 8.21. The minimum Gasteiger partial charge on any atom is -0.493 e. The molecular formula is C17H24N2O3. The summed E-state index contributed by atoms with van der Waals surface area (Å²) < 4.78 is 11.0. The fraction of sp³-hybridized carbons (Fsp3) is 0.588. The van der Waals surface area contributed by atoms with E-state index in [4.69, 9.17) is 15.2 Å². The molecule has 1 aromatic carbocycles. The second kappa shape index (κ2) is 5.47. The highest BCUT2D eigenvalue weighted by atomic mass is 16.6. The molecule has 5 nitrogen and oxygen atoms in total. The van der Waals surface area contributed by atoms with Gasteiger partial charge in [0.05, 0.1) is 6.61 Å². The van der Waals surface area contributed by atoms with Crippen LogP contribution >= 0.6 is 0 Å². The third kappa shape index (κ3) is 3.04. The van der Waals surface area contributed by atoms with Gasteiger partial charge < -0.3 is 20.1 Å². The van der Waals surface area contributed by atoms with Crippen molar-refractivity contribution >= 4 is 6.09 Å². The highest BCUT2D eigenvalue weighted by Crippen LogP contribution is 2.33. The van der Waals surface area contributed by atoms with Gasteiger partial charge in [0.1, 0.15) is 11.4 Å². The predicted octanol–water partition coefficient (Wildman–Crippen LogP) is 2.28. The lowest BCUT2D eigenvalue weighted by atomic mass is 9.93. The molecule has 2 atom stereocenters. The molecule has 1 fully saturated rings. The summed E-state index contributed by atoms with van der Waals surface area (Å²) in [4.78, 5) is 13.9. The number of benzene rings is 1. The van der Waals surface area contributed by atoms with Crippen LogP contribution in [0.25, 0.3) is 0 Å². The van der Waals surface area contributed by atoms with E-state index in [0.29, 0.717) is 13.1 Å². The first-order valence-corrected chi connectivity index (χ1v) is 7.82. The van der Waals surface area contributed by atoms with Gasteiger partial charge in [0.15, 0.2) is 0 Å². The third-order valence-corrected chi connectivity index (χ3v) is 4.16. The Bertz CT molecular complexity index is 580. The molecule has 0 aliphatic carbocycles. The van der Waals surface area contributed by atoms with Gasteiger partial charge >= 0.3 is 6.09 Å². The molecule has 0 spiro atoms. The lowest BCUT2D eigenvalue weighted by molar-refractivity contribution is 0.0290. The van der Waals surface area contributed by atoms with Gasteiger partial charge in [-0.15, -0.1) is 0 Å². The Morgan fingerprint density at radius 2 is 2.14 bits per heavy atom. The number of hydrogen-bond donors (Lipinski definition) is 1. The van der Waals surface area contributed by atoms with Crippen molar-refractivity contribution in [1.29, 1.82) is 0 Å². The van der Waals surface area contributed by atoms with Crippen LogP contribution in [0, 0.1) is 0 Å². The molecule has 22 heavy (non-hydrogen) atoms. The largest absolute Gasteiger partial charge is 0.493 e. The topological polar surface area (TPSA) is 64.8 Å². The normalized spacial score (nSPS) is 24.1. The van der Waals surface area contributed by atoms with E-state index in [2.05, 4.69) is 12.1 Å². The van der Waals surface area contributed by atoms with Crippen LogP contribution in [0.3, 0.4) is 0 Å². The number of carbonyl (C=O) groups excluding carboxylic acids is 1. The second-order valence-corrected chi connectivity index (χ2v) is 7.12. The lowest BCUT2D eigenvalue weighted by Gasteiger charge is -2.24. The number of rotatable bonds is 1. The van der Waals surface area contributed by atoms with Crippen molar-refractivity contribution < 1.29 is 14.3 Å². The van der Waals surface area contributed by atoms with Crippen molar-refractivity contribution in [3.8, 4) is 5.75 Å². The second-order valence-electron chi connectivity index (χ2n) is 7.12. The highest BCUT2D eigenvalue weighted by molar-refractivity contribution is 5.69. The Morgan fingerprint density at radius 1 is 1.36 bits per heavy atom. The molecule has 1 aromatic rings. The molecule has 2 N–H and O–H groups in total. The molecule has 0 aromatic heterocycles. The van der Waals surface area contributed by atoms with E-state index in [9.17, 15) is 4.79 Å². The zero-order valence-corrected chi connectivity index (χ0v) is 13.5. The van der Waals surface area contributed by atoms with Crippen molar-refractivity contribution in [2.45, 2.75) is 44.8 Å². The van der Waals surface area contributed by atoms with Crippen molar-refractivity contribution in [2.75, 3.05) is 19.7 Å². The average Bonchev–Trinajstić information content (AvgIpc) is 3.01. The maximum atomic E-state index is 12.2. The van der Waals surface area contributed by atoms with Crippen LogP contribution in [-0.2, 0) is 11.2 Å². The molecule has 2 heterocycles. The van der Waals surface area contributed by atoms with Crippen LogP contribution in [0.2, 0.25) is 0 Å². The van der Waals surface area contributed by atoms with Gasteiger partial charge in [-0.1, -0.05) is 12.1 Å². The minimum absolute atomic E-state index is 0.0621. The first-order valence-electron chi connectivity index (χ1n) is 7.82. The predicted molar refractivity (Wildman–Crippen MR) is 84.2 cm³/mol. The van der Waals surface area contributed by atoms with E-state index in [1.54, 1.807) is 4.90 Å². The lowest BCUT2D eigenvalue weighted by Crippen LogP contribution is -2.36. The minimum atomic E-state index is -0.482. The van der Waals surface area contributed by atoms with E-state index in [1.807, 2.05) is 26.8 Å². The maximum absolute atomic E-state index is 12.2. The summed E-state index contributed by atoms with van der Waals surface area (Å²) in [5.74, 6) is 1.12. The fourth-order valence-electron chi connectivity index (χ4n) is 3.09.